The molecule has 0 amide bonds. The van der Waals surface area contributed by atoms with E-state index in [1.807, 2.05) is 0 Å². The third kappa shape index (κ3) is 5.35. The van der Waals surface area contributed by atoms with Crippen molar-refractivity contribution in [1.82, 2.24) is 0 Å². The Morgan fingerprint density at radius 3 is 1.91 bits per heavy atom. The summed E-state index contributed by atoms with van der Waals surface area (Å²) in [7, 11) is 0. The second-order valence-electron chi connectivity index (χ2n) is 10.5. The van der Waals surface area contributed by atoms with Crippen LogP contribution in [0.2, 0.25) is 0 Å². The molecule has 2 aromatic carbocycles. The van der Waals surface area contributed by atoms with Crippen molar-refractivity contribution in [3.63, 3.8) is 0 Å². The van der Waals surface area contributed by atoms with Crippen molar-refractivity contribution in [2.24, 2.45) is 17.8 Å². The minimum Gasteiger partial charge on any atom is -0.429 e. The highest BCUT2D eigenvalue weighted by Crippen LogP contribution is 2.43. The van der Waals surface area contributed by atoms with Gasteiger partial charge in [0.1, 0.15) is 5.75 Å². The van der Waals surface area contributed by atoms with E-state index in [4.69, 9.17) is 4.74 Å². The lowest BCUT2D eigenvalue weighted by atomic mass is 9.71. The van der Waals surface area contributed by atoms with Crippen LogP contribution in [0.25, 0.3) is 0 Å². The Labute approximate surface area is 202 Å². The first kappa shape index (κ1) is 24.5. The van der Waals surface area contributed by atoms with Crippen LogP contribution < -0.4 is 4.74 Å². The molecule has 1 heterocycles. The average molecular weight is 495 g/mol. The van der Waals surface area contributed by atoms with Crippen molar-refractivity contribution in [1.29, 1.82) is 0 Å². The maximum Gasteiger partial charge on any atom is 0.426 e. The molecule has 1 aliphatic heterocycles. The molecule has 0 radical (unpaired) electrons. The van der Waals surface area contributed by atoms with Gasteiger partial charge in [-0.25, -0.2) is 13.2 Å². The van der Waals surface area contributed by atoms with Gasteiger partial charge in [0, 0.05) is 12.1 Å². The normalized spacial score (nSPS) is 27.9. The lowest BCUT2D eigenvalue weighted by Gasteiger charge is -2.42. The van der Waals surface area contributed by atoms with Crippen LogP contribution in [0, 0.1) is 35.2 Å². The van der Waals surface area contributed by atoms with Gasteiger partial charge in [-0.3, -0.25) is 0 Å². The first-order valence-electron chi connectivity index (χ1n) is 12.7. The molecule has 35 heavy (non-hydrogen) atoms. The zero-order chi connectivity index (χ0) is 24.6. The summed E-state index contributed by atoms with van der Waals surface area (Å²) in [5.41, 5.74) is 0.563. The summed E-state index contributed by atoms with van der Waals surface area (Å²) in [6.45, 7) is 0.907. The van der Waals surface area contributed by atoms with Gasteiger partial charge in [-0.1, -0.05) is 31.4 Å². The molecule has 0 bridgehead atoms. The van der Waals surface area contributed by atoms with E-state index in [1.54, 1.807) is 12.1 Å². The van der Waals surface area contributed by atoms with Gasteiger partial charge in [0.05, 0.1) is 18.3 Å². The summed E-state index contributed by atoms with van der Waals surface area (Å²) in [5, 5.41) is 0. The van der Waals surface area contributed by atoms with E-state index in [0.29, 0.717) is 30.1 Å². The predicted octanol–water partition coefficient (Wildman–Crippen LogP) is 8.10. The summed E-state index contributed by atoms with van der Waals surface area (Å²) in [4.78, 5) is 0. The fourth-order valence-corrected chi connectivity index (χ4v) is 6.02. The van der Waals surface area contributed by atoms with Gasteiger partial charge < -0.3 is 9.47 Å². The van der Waals surface area contributed by atoms with Crippen LogP contribution in [0.1, 0.15) is 74.8 Å². The highest BCUT2D eigenvalue weighted by Gasteiger charge is 2.37. The van der Waals surface area contributed by atoms with Crippen molar-refractivity contribution in [2.45, 2.75) is 75.9 Å². The van der Waals surface area contributed by atoms with Crippen LogP contribution in [0.4, 0.5) is 22.0 Å². The van der Waals surface area contributed by atoms with E-state index >= 15 is 0 Å². The van der Waals surface area contributed by atoms with Gasteiger partial charge in [0.15, 0.2) is 17.5 Å². The molecule has 2 atom stereocenters. The molecule has 2 saturated carbocycles. The fourth-order valence-electron chi connectivity index (χ4n) is 6.02. The number of benzene rings is 2. The molecule has 190 valence electrons. The van der Waals surface area contributed by atoms with Gasteiger partial charge in [-0.15, -0.1) is 0 Å². The first-order valence-corrected chi connectivity index (χ1v) is 12.7. The summed E-state index contributed by atoms with van der Waals surface area (Å²) in [5.74, 6) is -3.17. The monoisotopic (exact) mass is 494 g/mol. The Bertz CT molecular complexity index is 982. The topological polar surface area (TPSA) is 18.5 Å². The molecule has 2 nitrogen and oxygen atoms in total. The summed E-state index contributed by atoms with van der Waals surface area (Å²) < 4.78 is 79.7. The molecule has 2 aliphatic carbocycles. The SMILES string of the molecule is Fc1cc(OC(F)(F)c2ccc(C3CCC(C4CCC(C5CCC5)CO4)CC3)cc2)cc(F)c1F. The molecule has 2 unspecified atom stereocenters. The van der Waals surface area contributed by atoms with Crippen LogP contribution >= 0.6 is 0 Å². The Hall–Kier alpha value is -2.15. The molecule has 3 fully saturated rings. The smallest absolute Gasteiger partial charge is 0.426 e. The predicted molar refractivity (Wildman–Crippen MR) is 122 cm³/mol. The Kier molecular flexibility index (Phi) is 7.06. The van der Waals surface area contributed by atoms with E-state index < -0.39 is 34.9 Å². The third-order valence-corrected chi connectivity index (χ3v) is 8.38. The molecular weight excluding hydrogens is 463 g/mol. The van der Waals surface area contributed by atoms with Gasteiger partial charge >= 0.3 is 6.11 Å². The lowest BCUT2D eigenvalue weighted by molar-refractivity contribution is -0.185. The zero-order valence-electron chi connectivity index (χ0n) is 19.6. The van der Waals surface area contributed by atoms with Gasteiger partial charge in [0.2, 0.25) is 0 Å². The first-order chi connectivity index (χ1) is 16.8. The van der Waals surface area contributed by atoms with Gasteiger partial charge in [-0.2, -0.15) is 8.78 Å². The number of hydrogen-bond donors (Lipinski definition) is 0. The van der Waals surface area contributed by atoms with E-state index in [9.17, 15) is 22.0 Å². The van der Waals surface area contributed by atoms with E-state index in [2.05, 4.69) is 4.74 Å². The van der Waals surface area contributed by atoms with Crippen LogP contribution in [-0.2, 0) is 10.8 Å². The Morgan fingerprint density at radius 1 is 0.743 bits per heavy atom. The minimum atomic E-state index is -3.82. The molecule has 2 aromatic rings. The molecule has 0 spiro atoms. The van der Waals surface area contributed by atoms with Crippen molar-refractivity contribution >= 4 is 0 Å². The maximum atomic E-state index is 14.6. The third-order valence-electron chi connectivity index (χ3n) is 8.38. The maximum absolute atomic E-state index is 14.6. The van der Waals surface area contributed by atoms with E-state index in [1.165, 1.54) is 37.8 Å². The largest absolute Gasteiger partial charge is 0.429 e. The van der Waals surface area contributed by atoms with Crippen molar-refractivity contribution in [3.05, 3.63) is 65.0 Å². The van der Waals surface area contributed by atoms with Crippen LogP contribution in [0.5, 0.6) is 5.75 Å². The second kappa shape index (κ2) is 10.1. The quantitative estimate of drug-likeness (QED) is 0.298. The van der Waals surface area contributed by atoms with Crippen molar-refractivity contribution < 1.29 is 31.4 Å². The highest BCUT2D eigenvalue weighted by atomic mass is 19.3. The number of alkyl halides is 2. The van der Waals surface area contributed by atoms with Crippen LogP contribution in [-0.4, -0.2) is 12.7 Å². The number of halogens is 5. The second-order valence-corrected chi connectivity index (χ2v) is 10.5. The van der Waals surface area contributed by atoms with Gasteiger partial charge in [0.25, 0.3) is 0 Å². The number of hydrogen-bond acceptors (Lipinski definition) is 2. The Morgan fingerprint density at radius 2 is 1.37 bits per heavy atom. The molecule has 5 rings (SSSR count). The molecule has 3 aliphatic rings. The number of rotatable bonds is 6. The minimum absolute atomic E-state index is 0.307. The summed E-state index contributed by atoms with van der Waals surface area (Å²) in [6.07, 6.45) is 7.22. The summed E-state index contributed by atoms with van der Waals surface area (Å²) in [6, 6.07) is 6.71. The highest BCUT2D eigenvalue weighted by molar-refractivity contribution is 5.30. The van der Waals surface area contributed by atoms with Crippen molar-refractivity contribution in [2.75, 3.05) is 6.61 Å². The molecule has 7 heteroatoms. The average Bonchev–Trinajstić information content (AvgIpc) is 2.82. The molecule has 1 saturated heterocycles. The fraction of sp³-hybridized carbons (Fsp3) is 0.571. The van der Waals surface area contributed by atoms with Crippen LogP contribution in [0.3, 0.4) is 0 Å². The van der Waals surface area contributed by atoms with Gasteiger partial charge in [-0.05, 0) is 79.9 Å². The lowest BCUT2D eigenvalue weighted by Crippen LogP contribution is -2.37. The molecule has 0 N–H and O–H groups in total. The van der Waals surface area contributed by atoms with E-state index in [0.717, 1.165) is 56.1 Å². The molecule has 0 aromatic heterocycles. The number of ether oxygens (including phenoxy) is 2. The van der Waals surface area contributed by atoms with Crippen molar-refractivity contribution in [3.8, 4) is 5.75 Å². The Balaban J connectivity index is 1.14. The standard InChI is InChI=1S/C28H31F5O2/c29-24-14-23(15-25(30)27(24)31)35-28(32,33)22-11-8-19(9-12-22)18-4-6-20(7-5-18)26-13-10-21(16-34-26)17-2-1-3-17/h8-9,11-12,14-15,17-18,20-21,26H,1-7,10,13,16H2. The van der Waals surface area contributed by atoms with E-state index in [-0.39, 0.29) is 0 Å². The zero-order valence-corrected chi connectivity index (χ0v) is 19.6. The molecular formula is C28H31F5O2. The van der Waals surface area contributed by atoms with Crippen LogP contribution in [0.15, 0.2) is 36.4 Å². The summed E-state index contributed by atoms with van der Waals surface area (Å²) >= 11 is 0.